The molecule has 1 aromatic carbocycles. The van der Waals surface area contributed by atoms with E-state index >= 15 is 0 Å². The maximum absolute atomic E-state index is 12.7. The lowest BCUT2D eigenvalue weighted by molar-refractivity contribution is 0.0584. The zero-order valence-electron chi connectivity index (χ0n) is 12.6. The van der Waals surface area contributed by atoms with E-state index in [9.17, 15) is 9.59 Å². The molecule has 1 aromatic rings. The molecule has 2 amide bonds. The van der Waals surface area contributed by atoms with Gasteiger partial charge in [-0.05, 0) is 44.4 Å². The molecule has 2 rings (SSSR count). The molecule has 2 unspecified atom stereocenters. The lowest BCUT2D eigenvalue weighted by atomic mass is 9.95. The highest BCUT2D eigenvalue weighted by Crippen LogP contribution is 2.21. The SMILES string of the molecule is CNC(=O)c1cccc(C(=O)N2CCCCC2C(C)N)c1. The van der Waals surface area contributed by atoms with Crippen molar-refractivity contribution in [1.82, 2.24) is 10.2 Å². The smallest absolute Gasteiger partial charge is 0.254 e. The predicted octanol–water partition coefficient (Wildman–Crippen LogP) is 1.39. The van der Waals surface area contributed by atoms with Gasteiger partial charge in [-0.25, -0.2) is 0 Å². The van der Waals surface area contributed by atoms with Crippen LogP contribution in [0.1, 0.15) is 46.9 Å². The summed E-state index contributed by atoms with van der Waals surface area (Å²) in [7, 11) is 1.58. The van der Waals surface area contributed by atoms with Crippen molar-refractivity contribution in [3.8, 4) is 0 Å². The maximum Gasteiger partial charge on any atom is 0.254 e. The van der Waals surface area contributed by atoms with Crippen molar-refractivity contribution < 1.29 is 9.59 Å². The molecule has 1 aliphatic heterocycles. The van der Waals surface area contributed by atoms with E-state index in [1.165, 1.54) is 0 Å². The Morgan fingerprint density at radius 3 is 2.71 bits per heavy atom. The molecule has 0 radical (unpaired) electrons. The number of nitrogens with one attached hydrogen (secondary N) is 1. The molecule has 114 valence electrons. The van der Waals surface area contributed by atoms with Gasteiger partial charge in [0.1, 0.15) is 0 Å². The third kappa shape index (κ3) is 3.42. The number of piperidine rings is 1. The Morgan fingerprint density at radius 1 is 1.33 bits per heavy atom. The van der Waals surface area contributed by atoms with Crippen LogP contribution in [0.3, 0.4) is 0 Å². The summed E-state index contributed by atoms with van der Waals surface area (Å²) >= 11 is 0. The van der Waals surface area contributed by atoms with Crippen molar-refractivity contribution in [3.05, 3.63) is 35.4 Å². The van der Waals surface area contributed by atoms with E-state index in [-0.39, 0.29) is 23.9 Å². The summed E-state index contributed by atoms with van der Waals surface area (Å²) in [5, 5.41) is 2.57. The van der Waals surface area contributed by atoms with Crippen LogP contribution in [0.5, 0.6) is 0 Å². The predicted molar refractivity (Wildman–Crippen MR) is 82.2 cm³/mol. The van der Waals surface area contributed by atoms with E-state index in [1.54, 1.807) is 31.3 Å². The Kier molecular flexibility index (Phi) is 4.96. The van der Waals surface area contributed by atoms with E-state index in [2.05, 4.69) is 5.32 Å². The van der Waals surface area contributed by atoms with E-state index in [1.807, 2.05) is 11.8 Å². The second kappa shape index (κ2) is 6.72. The van der Waals surface area contributed by atoms with Gasteiger partial charge in [-0.1, -0.05) is 6.07 Å². The van der Waals surface area contributed by atoms with Gasteiger partial charge in [0, 0.05) is 36.8 Å². The Labute approximate surface area is 125 Å². The fraction of sp³-hybridized carbons (Fsp3) is 0.500. The fourth-order valence-corrected chi connectivity index (χ4v) is 2.86. The normalized spacial score (nSPS) is 20.0. The summed E-state index contributed by atoms with van der Waals surface area (Å²) in [6.07, 6.45) is 3.05. The minimum absolute atomic E-state index is 0.0391. The second-order valence-corrected chi connectivity index (χ2v) is 5.58. The summed E-state index contributed by atoms with van der Waals surface area (Å²) in [6, 6.07) is 6.87. The first kappa shape index (κ1) is 15.5. The van der Waals surface area contributed by atoms with Crippen molar-refractivity contribution in [1.29, 1.82) is 0 Å². The van der Waals surface area contributed by atoms with E-state index < -0.39 is 0 Å². The molecular weight excluding hydrogens is 266 g/mol. The van der Waals surface area contributed by atoms with Gasteiger partial charge in [0.2, 0.25) is 0 Å². The minimum atomic E-state index is -0.188. The molecule has 21 heavy (non-hydrogen) atoms. The van der Waals surface area contributed by atoms with Crippen molar-refractivity contribution in [2.45, 2.75) is 38.3 Å². The number of rotatable bonds is 3. The van der Waals surface area contributed by atoms with E-state index in [4.69, 9.17) is 5.73 Å². The highest BCUT2D eigenvalue weighted by Gasteiger charge is 2.29. The van der Waals surface area contributed by atoms with Crippen LogP contribution in [-0.2, 0) is 0 Å². The first-order chi connectivity index (χ1) is 10.0. The summed E-state index contributed by atoms with van der Waals surface area (Å²) < 4.78 is 0. The number of benzene rings is 1. The monoisotopic (exact) mass is 289 g/mol. The summed E-state index contributed by atoms with van der Waals surface area (Å²) in [4.78, 5) is 26.3. The van der Waals surface area contributed by atoms with E-state index in [0.717, 1.165) is 25.8 Å². The highest BCUT2D eigenvalue weighted by molar-refractivity contribution is 5.99. The maximum atomic E-state index is 12.7. The topological polar surface area (TPSA) is 75.4 Å². The highest BCUT2D eigenvalue weighted by atomic mass is 16.2. The molecule has 1 saturated heterocycles. The zero-order valence-corrected chi connectivity index (χ0v) is 12.6. The van der Waals surface area contributed by atoms with Crippen LogP contribution >= 0.6 is 0 Å². The number of likely N-dealkylation sites (tertiary alicyclic amines) is 1. The second-order valence-electron chi connectivity index (χ2n) is 5.58. The van der Waals surface area contributed by atoms with Crippen LogP contribution in [0, 0.1) is 0 Å². The lowest BCUT2D eigenvalue weighted by Crippen LogP contribution is -2.51. The average molecular weight is 289 g/mol. The summed E-state index contributed by atoms with van der Waals surface area (Å²) in [5.74, 6) is -0.227. The molecule has 0 aromatic heterocycles. The number of amides is 2. The van der Waals surface area contributed by atoms with Crippen LogP contribution in [0.15, 0.2) is 24.3 Å². The number of hydrogen-bond acceptors (Lipinski definition) is 3. The molecule has 5 nitrogen and oxygen atoms in total. The van der Waals surface area contributed by atoms with Crippen LogP contribution in [0.2, 0.25) is 0 Å². The largest absolute Gasteiger partial charge is 0.355 e. The van der Waals surface area contributed by atoms with Crippen LogP contribution < -0.4 is 11.1 Å². The van der Waals surface area contributed by atoms with Crippen LogP contribution in [0.4, 0.5) is 0 Å². The molecule has 1 aliphatic rings. The summed E-state index contributed by atoms with van der Waals surface area (Å²) in [5.41, 5.74) is 7.06. The standard InChI is InChI=1S/C16H23N3O2/c1-11(17)14-8-3-4-9-19(14)16(21)13-7-5-6-12(10-13)15(20)18-2/h5-7,10-11,14H,3-4,8-9,17H2,1-2H3,(H,18,20). The van der Waals surface area contributed by atoms with Crippen molar-refractivity contribution in [2.75, 3.05) is 13.6 Å². The first-order valence-corrected chi connectivity index (χ1v) is 7.43. The molecule has 1 fully saturated rings. The van der Waals surface area contributed by atoms with Gasteiger partial charge in [-0.2, -0.15) is 0 Å². The van der Waals surface area contributed by atoms with Crippen molar-refractivity contribution in [2.24, 2.45) is 5.73 Å². The average Bonchev–Trinajstić information content (AvgIpc) is 2.53. The van der Waals surface area contributed by atoms with Crippen LogP contribution in [-0.4, -0.2) is 42.4 Å². The van der Waals surface area contributed by atoms with Gasteiger partial charge in [0.15, 0.2) is 0 Å². The lowest BCUT2D eigenvalue weighted by Gasteiger charge is -2.38. The molecule has 0 bridgehead atoms. The fourth-order valence-electron chi connectivity index (χ4n) is 2.86. The first-order valence-electron chi connectivity index (χ1n) is 7.43. The van der Waals surface area contributed by atoms with Crippen molar-refractivity contribution >= 4 is 11.8 Å². The van der Waals surface area contributed by atoms with Gasteiger partial charge in [0.25, 0.3) is 11.8 Å². The Hall–Kier alpha value is -1.88. The van der Waals surface area contributed by atoms with Crippen LogP contribution in [0.25, 0.3) is 0 Å². The molecule has 5 heteroatoms. The molecule has 0 spiro atoms. The zero-order chi connectivity index (χ0) is 15.4. The van der Waals surface area contributed by atoms with Gasteiger partial charge in [-0.15, -0.1) is 0 Å². The van der Waals surface area contributed by atoms with Gasteiger partial charge in [0.05, 0.1) is 0 Å². The quantitative estimate of drug-likeness (QED) is 0.883. The number of nitrogens with zero attached hydrogens (tertiary/aromatic N) is 1. The summed E-state index contributed by atoms with van der Waals surface area (Å²) in [6.45, 7) is 2.67. The van der Waals surface area contributed by atoms with Gasteiger partial charge >= 0.3 is 0 Å². The Morgan fingerprint density at radius 2 is 2.05 bits per heavy atom. The third-order valence-electron chi connectivity index (χ3n) is 4.02. The molecule has 0 saturated carbocycles. The number of carbonyl (C=O) groups excluding carboxylic acids is 2. The minimum Gasteiger partial charge on any atom is -0.355 e. The Bertz CT molecular complexity index is 528. The number of carbonyl (C=O) groups is 2. The van der Waals surface area contributed by atoms with Gasteiger partial charge in [-0.3, -0.25) is 9.59 Å². The van der Waals surface area contributed by atoms with Crippen molar-refractivity contribution in [3.63, 3.8) is 0 Å². The molecule has 1 heterocycles. The molecule has 3 N–H and O–H groups in total. The number of nitrogens with two attached hydrogens (primary N) is 1. The molecular formula is C16H23N3O2. The molecule has 2 atom stereocenters. The Balaban J connectivity index is 2.24. The molecule has 0 aliphatic carbocycles. The number of hydrogen-bond donors (Lipinski definition) is 2. The van der Waals surface area contributed by atoms with Gasteiger partial charge < -0.3 is 16.0 Å². The third-order valence-corrected chi connectivity index (χ3v) is 4.02. The van der Waals surface area contributed by atoms with E-state index in [0.29, 0.717) is 11.1 Å².